The molecule has 0 saturated carbocycles. The molecule has 3 nitrogen and oxygen atoms in total. The van der Waals surface area contributed by atoms with Gasteiger partial charge in [-0.15, -0.1) is 0 Å². The summed E-state index contributed by atoms with van der Waals surface area (Å²) in [5, 5.41) is 0. The molecule has 0 saturated heterocycles. The molecule has 0 spiro atoms. The lowest BCUT2D eigenvalue weighted by atomic mass is 10.2. The van der Waals surface area contributed by atoms with Gasteiger partial charge in [-0.1, -0.05) is 30.3 Å². The predicted molar refractivity (Wildman–Crippen MR) is 66.7 cm³/mol. The Morgan fingerprint density at radius 2 is 1.65 bits per heavy atom. The van der Waals surface area contributed by atoms with Crippen LogP contribution in [-0.2, 0) is 0 Å². The van der Waals surface area contributed by atoms with E-state index in [0.29, 0.717) is 5.71 Å². The number of hydrogen-bond donors (Lipinski definition) is 0. The van der Waals surface area contributed by atoms with Gasteiger partial charge in [0.05, 0.1) is 11.4 Å². The van der Waals surface area contributed by atoms with Gasteiger partial charge in [0.2, 0.25) is 5.71 Å². The van der Waals surface area contributed by atoms with Crippen LogP contribution in [0.3, 0.4) is 0 Å². The Balaban J connectivity index is 2.21. The zero-order chi connectivity index (χ0) is 11.8. The van der Waals surface area contributed by atoms with E-state index in [-0.39, 0.29) is 0 Å². The van der Waals surface area contributed by atoms with E-state index in [0.717, 1.165) is 28.2 Å². The highest BCUT2D eigenvalue weighted by Crippen LogP contribution is 2.25. The van der Waals surface area contributed by atoms with Crippen LogP contribution in [0.2, 0.25) is 0 Å². The van der Waals surface area contributed by atoms with Crippen molar-refractivity contribution < 1.29 is 4.42 Å². The zero-order valence-corrected chi connectivity index (χ0v) is 9.77. The summed E-state index contributed by atoms with van der Waals surface area (Å²) in [6.45, 7) is 3.89. The first-order valence-electron chi connectivity index (χ1n) is 5.54. The molecule has 0 aliphatic heterocycles. The number of hydrogen-bond acceptors (Lipinski definition) is 3. The molecule has 3 aromatic rings. The number of fused-ring (bicyclic) bond motifs is 1. The summed E-state index contributed by atoms with van der Waals surface area (Å²) in [6.07, 6.45) is 0. The Hall–Kier alpha value is -2.16. The van der Waals surface area contributed by atoms with Gasteiger partial charge in [0.25, 0.3) is 0 Å². The normalized spacial score (nSPS) is 10.9. The molecule has 0 aliphatic rings. The number of nitrogens with zero attached hydrogens (tertiary/aromatic N) is 2. The van der Waals surface area contributed by atoms with Crippen molar-refractivity contribution in [2.45, 2.75) is 13.8 Å². The summed E-state index contributed by atoms with van der Waals surface area (Å²) in [5.74, 6) is 0.811. The minimum Gasteiger partial charge on any atom is -0.436 e. The molecule has 1 aromatic carbocycles. The maximum Gasteiger partial charge on any atom is 0.245 e. The van der Waals surface area contributed by atoms with Gasteiger partial charge >= 0.3 is 0 Å². The van der Waals surface area contributed by atoms with Crippen molar-refractivity contribution in [1.29, 1.82) is 0 Å². The van der Waals surface area contributed by atoms with E-state index >= 15 is 0 Å². The summed E-state index contributed by atoms with van der Waals surface area (Å²) in [6, 6.07) is 11.9. The quantitative estimate of drug-likeness (QED) is 0.635. The third-order valence-corrected chi connectivity index (χ3v) is 2.83. The smallest absolute Gasteiger partial charge is 0.245 e. The van der Waals surface area contributed by atoms with E-state index in [4.69, 9.17) is 4.42 Å². The maximum atomic E-state index is 5.72. The molecule has 0 unspecified atom stereocenters. The van der Waals surface area contributed by atoms with Gasteiger partial charge in [-0.25, -0.2) is 9.97 Å². The molecule has 17 heavy (non-hydrogen) atoms. The van der Waals surface area contributed by atoms with Gasteiger partial charge in [-0.05, 0) is 13.8 Å². The van der Waals surface area contributed by atoms with E-state index in [1.54, 1.807) is 0 Å². The van der Waals surface area contributed by atoms with Crippen molar-refractivity contribution in [2.24, 2.45) is 0 Å². The fourth-order valence-corrected chi connectivity index (χ4v) is 1.77. The summed E-state index contributed by atoms with van der Waals surface area (Å²) >= 11 is 0. The van der Waals surface area contributed by atoms with Crippen LogP contribution in [0.25, 0.3) is 22.6 Å². The Morgan fingerprint density at radius 1 is 0.941 bits per heavy atom. The highest BCUT2D eigenvalue weighted by Gasteiger charge is 2.09. The molecule has 0 radical (unpaired) electrons. The van der Waals surface area contributed by atoms with E-state index in [2.05, 4.69) is 9.97 Å². The van der Waals surface area contributed by atoms with Gasteiger partial charge in [-0.3, -0.25) is 0 Å². The predicted octanol–water partition coefficient (Wildman–Crippen LogP) is 3.51. The first-order chi connectivity index (χ1) is 8.24. The van der Waals surface area contributed by atoms with E-state index in [9.17, 15) is 0 Å². The first kappa shape index (κ1) is 10.0. The van der Waals surface area contributed by atoms with Crippen LogP contribution in [0, 0.1) is 13.8 Å². The molecule has 0 bridgehead atoms. The average Bonchev–Trinajstić information content (AvgIpc) is 2.74. The summed E-state index contributed by atoms with van der Waals surface area (Å²) in [7, 11) is 0. The van der Waals surface area contributed by atoms with E-state index in [1.807, 2.05) is 50.2 Å². The third-order valence-electron chi connectivity index (χ3n) is 2.83. The highest BCUT2D eigenvalue weighted by molar-refractivity contribution is 5.76. The van der Waals surface area contributed by atoms with Crippen molar-refractivity contribution in [3.63, 3.8) is 0 Å². The van der Waals surface area contributed by atoms with Gasteiger partial charge in [0.15, 0.2) is 0 Å². The first-order valence-corrected chi connectivity index (χ1v) is 5.54. The van der Waals surface area contributed by atoms with Crippen LogP contribution in [0.5, 0.6) is 0 Å². The molecule has 0 amide bonds. The Bertz CT molecular complexity index is 632. The fraction of sp³-hybridized carbons (Fsp3) is 0.143. The lowest BCUT2D eigenvalue weighted by molar-refractivity contribution is 0.616. The number of rotatable bonds is 1. The van der Waals surface area contributed by atoms with Crippen LogP contribution in [-0.4, -0.2) is 9.97 Å². The number of furan rings is 1. The zero-order valence-electron chi connectivity index (χ0n) is 9.77. The van der Waals surface area contributed by atoms with Gasteiger partial charge in [-0.2, -0.15) is 0 Å². The van der Waals surface area contributed by atoms with E-state index < -0.39 is 0 Å². The Morgan fingerprint density at radius 3 is 2.41 bits per heavy atom. The molecule has 84 valence electrons. The van der Waals surface area contributed by atoms with E-state index in [1.165, 1.54) is 0 Å². The fourth-order valence-electron chi connectivity index (χ4n) is 1.77. The summed E-state index contributed by atoms with van der Waals surface area (Å²) in [4.78, 5) is 8.86. The van der Waals surface area contributed by atoms with Crippen molar-refractivity contribution in [1.82, 2.24) is 9.97 Å². The van der Waals surface area contributed by atoms with Crippen LogP contribution in [0.4, 0.5) is 0 Å². The molecule has 0 aliphatic carbocycles. The largest absolute Gasteiger partial charge is 0.436 e. The van der Waals surface area contributed by atoms with Crippen molar-refractivity contribution >= 4 is 11.2 Å². The number of benzene rings is 1. The van der Waals surface area contributed by atoms with Crippen LogP contribution >= 0.6 is 0 Å². The van der Waals surface area contributed by atoms with Gasteiger partial charge in [0, 0.05) is 11.6 Å². The average molecular weight is 224 g/mol. The molecule has 3 rings (SSSR count). The molecular formula is C14H12N2O. The van der Waals surface area contributed by atoms with Crippen molar-refractivity contribution in [2.75, 3.05) is 0 Å². The standard InChI is InChI=1S/C14H12N2O/c1-9-10(2)16-14-12(15-9)8-13(17-14)11-6-4-3-5-7-11/h3-8H,1-2H3. The van der Waals surface area contributed by atoms with Gasteiger partial charge < -0.3 is 4.42 Å². The highest BCUT2D eigenvalue weighted by atomic mass is 16.3. The minimum absolute atomic E-state index is 0.604. The summed E-state index contributed by atoms with van der Waals surface area (Å²) < 4.78 is 5.72. The SMILES string of the molecule is Cc1nc2cc(-c3ccccc3)oc2nc1C. The summed E-state index contributed by atoms with van der Waals surface area (Å²) in [5.41, 5.74) is 4.31. The molecule has 0 N–H and O–H groups in total. The molecule has 0 atom stereocenters. The second kappa shape index (κ2) is 3.70. The van der Waals surface area contributed by atoms with Crippen LogP contribution in [0.1, 0.15) is 11.4 Å². The van der Waals surface area contributed by atoms with Crippen molar-refractivity contribution in [3.05, 3.63) is 47.8 Å². The lowest BCUT2D eigenvalue weighted by Crippen LogP contribution is -1.90. The second-order valence-electron chi connectivity index (χ2n) is 4.06. The van der Waals surface area contributed by atoms with Gasteiger partial charge in [0.1, 0.15) is 11.3 Å². The molecule has 3 heteroatoms. The monoisotopic (exact) mass is 224 g/mol. The van der Waals surface area contributed by atoms with Crippen LogP contribution < -0.4 is 0 Å². The molecule has 2 aromatic heterocycles. The lowest BCUT2D eigenvalue weighted by Gasteiger charge is -1.95. The topological polar surface area (TPSA) is 38.9 Å². The molecule has 0 fully saturated rings. The number of aryl methyl sites for hydroxylation is 2. The second-order valence-corrected chi connectivity index (χ2v) is 4.06. The maximum absolute atomic E-state index is 5.72. The van der Waals surface area contributed by atoms with Crippen molar-refractivity contribution in [3.8, 4) is 11.3 Å². The third kappa shape index (κ3) is 1.69. The van der Waals surface area contributed by atoms with Crippen LogP contribution in [0.15, 0.2) is 40.8 Å². The molecular weight excluding hydrogens is 212 g/mol. The Labute approximate surface area is 99.1 Å². The minimum atomic E-state index is 0.604. The number of aromatic nitrogens is 2. The Kier molecular flexibility index (Phi) is 2.18. The molecule has 2 heterocycles.